The zero-order valence-electron chi connectivity index (χ0n) is 12.3. The second-order valence-corrected chi connectivity index (χ2v) is 6.52. The summed E-state index contributed by atoms with van der Waals surface area (Å²) in [6.45, 7) is 4.45. The molecule has 2 aliphatic heterocycles. The molecule has 0 radical (unpaired) electrons. The van der Waals surface area contributed by atoms with Crippen molar-refractivity contribution in [2.45, 2.75) is 25.7 Å². The number of fused-ring (bicyclic) bond motifs is 1. The van der Waals surface area contributed by atoms with Crippen LogP contribution in [0.5, 0.6) is 0 Å². The summed E-state index contributed by atoms with van der Waals surface area (Å²) in [7, 11) is 1.54. The van der Waals surface area contributed by atoms with Crippen molar-refractivity contribution in [3.63, 3.8) is 0 Å². The van der Waals surface area contributed by atoms with Crippen LogP contribution in [0.15, 0.2) is 5.38 Å². The predicted molar refractivity (Wildman–Crippen MR) is 77.1 cm³/mol. The number of rotatable bonds is 5. The van der Waals surface area contributed by atoms with Gasteiger partial charge < -0.3 is 19.1 Å². The fourth-order valence-corrected chi connectivity index (χ4v) is 3.63. The van der Waals surface area contributed by atoms with Crippen LogP contribution in [0.1, 0.15) is 10.7 Å². The summed E-state index contributed by atoms with van der Waals surface area (Å²) in [6.07, 6.45) is 0.0142. The first-order valence-corrected chi connectivity index (χ1v) is 7.95. The second kappa shape index (κ2) is 6.39. The average Bonchev–Trinajstić information content (AvgIpc) is 3.13. The quantitative estimate of drug-likeness (QED) is 0.806. The van der Waals surface area contributed by atoms with E-state index >= 15 is 0 Å². The molecule has 3 heterocycles. The van der Waals surface area contributed by atoms with E-state index in [9.17, 15) is 4.79 Å². The minimum Gasteiger partial charge on any atom is -0.379 e. The third-order valence-electron chi connectivity index (χ3n) is 4.05. The molecule has 0 bridgehead atoms. The van der Waals surface area contributed by atoms with E-state index in [1.54, 1.807) is 11.3 Å². The van der Waals surface area contributed by atoms with Crippen molar-refractivity contribution in [1.29, 1.82) is 0 Å². The molecule has 0 N–H and O–H groups in total. The predicted octanol–water partition coefficient (Wildman–Crippen LogP) is 0.840. The van der Waals surface area contributed by atoms with Crippen LogP contribution in [-0.2, 0) is 25.6 Å². The van der Waals surface area contributed by atoms with Crippen LogP contribution in [0.2, 0.25) is 0 Å². The Labute approximate surface area is 128 Å². The number of carbonyl (C=O) groups is 1. The Hall–Kier alpha value is -1.02. The van der Waals surface area contributed by atoms with Crippen LogP contribution in [0.25, 0.3) is 0 Å². The van der Waals surface area contributed by atoms with Crippen LogP contribution in [0.3, 0.4) is 0 Å². The number of nitrogens with zero attached hydrogens (tertiary/aromatic N) is 2. The zero-order valence-corrected chi connectivity index (χ0v) is 13.1. The van der Waals surface area contributed by atoms with Gasteiger partial charge in [0, 0.05) is 25.0 Å². The van der Waals surface area contributed by atoms with Gasteiger partial charge in [-0.05, 0) is 6.92 Å². The summed E-state index contributed by atoms with van der Waals surface area (Å²) in [5, 5.41) is 3.06. The lowest BCUT2D eigenvalue weighted by Gasteiger charge is -2.21. The largest absolute Gasteiger partial charge is 0.379 e. The van der Waals surface area contributed by atoms with Gasteiger partial charge in [-0.25, -0.2) is 4.98 Å². The molecule has 1 amide bonds. The highest BCUT2D eigenvalue weighted by Gasteiger charge is 2.47. The molecule has 0 spiro atoms. The Bertz CT molecular complexity index is 507. The minimum atomic E-state index is 0.00797. The molecule has 0 unspecified atom stereocenters. The molecule has 116 valence electrons. The third-order valence-corrected chi connectivity index (χ3v) is 4.87. The molecular weight excluding hydrogens is 292 g/mol. The zero-order chi connectivity index (χ0) is 14.8. The smallest absolute Gasteiger partial charge is 0.248 e. The number of ether oxygens (including phenoxy) is 3. The summed E-state index contributed by atoms with van der Waals surface area (Å²) in [5.41, 5.74) is 0.953. The van der Waals surface area contributed by atoms with Gasteiger partial charge >= 0.3 is 0 Å². The van der Waals surface area contributed by atoms with E-state index in [0.29, 0.717) is 26.4 Å². The van der Waals surface area contributed by atoms with Gasteiger partial charge in [0.05, 0.1) is 42.7 Å². The maximum absolute atomic E-state index is 12.1. The highest BCUT2D eigenvalue weighted by Crippen LogP contribution is 2.32. The fraction of sp³-hybridized carbons (Fsp3) is 0.714. The second-order valence-electron chi connectivity index (χ2n) is 5.46. The topological polar surface area (TPSA) is 60.9 Å². The van der Waals surface area contributed by atoms with E-state index in [1.165, 1.54) is 7.11 Å². The Morgan fingerprint density at radius 1 is 1.57 bits per heavy atom. The first-order chi connectivity index (χ1) is 10.2. The molecule has 0 saturated carbocycles. The van der Waals surface area contributed by atoms with Gasteiger partial charge in [-0.15, -0.1) is 11.3 Å². The number of hydrogen-bond acceptors (Lipinski definition) is 6. The fourth-order valence-electron chi connectivity index (χ4n) is 3.04. The molecule has 2 aliphatic rings. The number of amides is 1. The molecule has 0 aliphatic carbocycles. The van der Waals surface area contributed by atoms with E-state index < -0.39 is 0 Å². The molecule has 3 atom stereocenters. The highest BCUT2D eigenvalue weighted by molar-refractivity contribution is 7.09. The molecule has 21 heavy (non-hydrogen) atoms. The average molecular weight is 312 g/mol. The minimum absolute atomic E-state index is 0.00797. The number of thiazole rings is 1. The molecule has 2 fully saturated rings. The summed E-state index contributed by atoms with van der Waals surface area (Å²) in [5.74, 6) is 0.263. The van der Waals surface area contributed by atoms with Crippen molar-refractivity contribution in [3.8, 4) is 0 Å². The molecule has 1 aromatic heterocycles. The number of likely N-dealkylation sites (tertiary alicyclic amines) is 1. The Balaban J connectivity index is 1.61. The van der Waals surface area contributed by atoms with Crippen molar-refractivity contribution in [2.75, 3.05) is 33.5 Å². The van der Waals surface area contributed by atoms with E-state index in [1.807, 2.05) is 17.2 Å². The Kier molecular flexibility index (Phi) is 4.54. The number of aryl methyl sites for hydroxylation is 1. The molecule has 0 aromatic carbocycles. The summed E-state index contributed by atoms with van der Waals surface area (Å²) < 4.78 is 16.5. The molecule has 7 heteroatoms. The van der Waals surface area contributed by atoms with Crippen molar-refractivity contribution < 1.29 is 19.0 Å². The molecule has 3 rings (SSSR count). The monoisotopic (exact) mass is 312 g/mol. The van der Waals surface area contributed by atoms with Gasteiger partial charge in [0.15, 0.2) is 0 Å². The number of hydrogen-bond donors (Lipinski definition) is 0. The highest BCUT2D eigenvalue weighted by atomic mass is 32.1. The van der Waals surface area contributed by atoms with Crippen LogP contribution in [-0.4, -0.2) is 61.4 Å². The van der Waals surface area contributed by atoms with E-state index in [0.717, 1.165) is 10.7 Å². The summed E-state index contributed by atoms with van der Waals surface area (Å²) in [4.78, 5) is 18.3. The van der Waals surface area contributed by atoms with Gasteiger partial charge in [-0.2, -0.15) is 0 Å². The Morgan fingerprint density at radius 3 is 3.14 bits per heavy atom. The van der Waals surface area contributed by atoms with Crippen LogP contribution >= 0.6 is 11.3 Å². The Morgan fingerprint density at radius 2 is 2.43 bits per heavy atom. The molecule has 1 aromatic rings. The third kappa shape index (κ3) is 3.11. The molecular formula is C14H20N2O4S. The maximum Gasteiger partial charge on any atom is 0.248 e. The lowest BCUT2D eigenvalue weighted by molar-refractivity contribution is -0.136. The van der Waals surface area contributed by atoms with Crippen molar-refractivity contribution in [1.82, 2.24) is 9.88 Å². The van der Waals surface area contributed by atoms with Crippen LogP contribution in [0.4, 0.5) is 0 Å². The summed E-state index contributed by atoms with van der Waals surface area (Å²) >= 11 is 1.62. The standard InChI is InChI=1S/C14H20N2O4S/c1-9-15-10(8-21-9)4-20-13-3-16(14(17)7-18-2)12-6-19-5-11(12)13/h8,11-13H,3-7H2,1-2H3/t11-,12+,13+/m0/s1. The van der Waals surface area contributed by atoms with E-state index in [2.05, 4.69) is 4.98 Å². The van der Waals surface area contributed by atoms with Crippen molar-refractivity contribution in [3.05, 3.63) is 16.1 Å². The van der Waals surface area contributed by atoms with Crippen LogP contribution < -0.4 is 0 Å². The van der Waals surface area contributed by atoms with Crippen molar-refractivity contribution in [2.24, 2.45) is 5.92 Å². The SMILES string of the molecule is COCC(=O)N1C[C@@H](OCc2csc(C)n2)[C@H]2COC[C@H]21. The maximum atomic E-state index is 12.1. The van der Waals surface area contributed by atoms with Gasteiger partial charge in [0.25, 0.3) is 0 Å². The van der Waals surface area contributed by atoms with E-state index in [4.69, 9.17) is 14.2 Å². The van der Waals surface area contributed by atoms with Crippen LogP contribution in [0, 0.1) is 12.8 Å². The lowest BCUT2D eigenvalue weighted by atomic mass is 10.0. The molecule has 2 saturated heterocycles. The number of aromatic nitrogens is 1. The van der Waals surface area contributed by atoms with Gasteiger partial charge in [-0.1, -0.05) is 0 Å². The van der Waals surface area contributed by atoms with Gasteiger partial charge in [0.2, 0.25) is 5.91 Å². The van der Waals surface area contributed by atoms with Gasteiger partial charge in [-0.3, -0.25) is 4.79 Å². The number of methoxy groups -OCH3 is 1. The lowest BCUT2D eigenvalue weighted by Crippen LogP contribution is -2.40. The summed E-state index contributed by atoms with van der Waals surface area (Å²) in [6, 6.07) is 0.120. The van der Waals surface area contributed by atoms with Crippen molar-refractivity contribution >= 4 is 17.2 Å². The normalized spacial score (nSPS) is 28.1. The first kappa shape index (κ1) is 14.9. The number of carbonyl (C=O) groups excluding carboxylic acids is 1. The first-order valence-electron chi connectivity index (χ1n) is 7.08. The van der Waals surface area contributed by atoms with Gasteiger partial charge in [0.1, 0.15) is 6.61 Å². The van der Waals surface area contributed by atoms with E-state index in [-0.39, 0.29) is 30.6 Å². The molecule has 6 nitrogen and oxygen atoms in total.